The number of hydrogen-bond acceptors (Lipinski definition) is 3. The molecule has 0 amide bonds. The van der Waals surface area contributed by atoms with Crippen LogP contribution in [0.15, 0.2) is 18.2 Å². The van der Waals surface area contributed by atoms with Crippen molar-refractivity contribution >= 4 is 5.97 Å². The van der Waals surface area contributed by atoms with E-state index in [0.717, 1.165) is 18.6 Å². The Morgan fingerprint density at radius 1 is 1.17 bits per heavy atom. The molecule has 18 heavy (non-hydrogen) atoms. The molecule has 1 N–H and O–H groups in total. The van der Waals surface area contributed by atoms with E-state index in [4.69, 9.17) is 14.6 Å². The largest absolute Gasteiger partial charge is 0.493 e. The van der Waals surface area contributed by atoms with Crippen LogP contribution in [0.2, 0.25) is 0 Å². The third-order valence-corrected chi connectivity index (χ3v) is 2.31. The fourth-order valence-electron chi connectivity index (χ4n) is 1.50. The predicted molar refractivity (Wildman–Crippen MR) is 69.4 cm³/mol. The molecule has 4 nitrogen and oxygen atoms in total. The van der Waals surface area contributed by atoms with Crippen LogP contribution in [0.3, 0.4) is 0 Å². The minimum atomic E-state index is -0.862. The molecular weight excluding hydrogens is 232 g/mol. The molecule has 0 aliphatic rings. The minimum absolute atomic E-state index is 0.0346. The molecule has 0 aliphatic heterocycles. The van der Waals surface area contributed by atoms with Crippen molar-refractivity contribution < 1.29 is 19.4 Å². The quantitative estimate of drug-likeness (QED) is 0.773. The molecule has 0 saturated heterocycles. The van der Waals surface area contributed by atoms with E-state index in [-0.39, 0.29) is 6.42 Å². The third-order valence-electron chi connectivity index (χ3n) is 2.31. The van der Waals surface area contributed by atoms with Crippen molar-refractivity contribution in [2.75, 3.05) is 13.2 Å². The van der Waals surface area contributed by atoms with Gasteiger partial charge in [-0.15, -0.1) is 0 Å². The second-order valence-electron chi connectivity index (χ2n) is 4.04. The van der Waals surface area contributed by atoms with Gasteiger partial charge in [0.05, 0.1) is 19.6 Å². The van der Waals surface area contributed by atoms with Crippen LogP contribution in [0, 0.1) is 0 Å². The molecule has 1 aromatic carbocycles. The number of benzene rings is 1. The highest BCUT2D eigenvalue weighted by atomic mass is 16.5. The summed E-state index contributed by atoms with van der Waals surface area (Å²) >= 11 is 0. The lowest BCUT2D eigenvalue weighted by Crippen LogP contribution is -2.05. The second kappa shape index (κ2) is 7.58. The number of rotatable bonds is 8. The molecule has 0 radical (unpaired) electrons. The van der Waals surface area contributed by atoms with Gasteiger partial charge in [-0.3, -0.25) is 4.79 Å². The molecule has 0 saturated carbocycles. The number of ether oxygens (including phenoxy) is 2. The average Bonchev–Trinajstić information content (AvgIpc) is 2.35. The summed E-state index contributed by atoms with van der Waals surface area (Å²) < 4.78 is 11.1. The topological polar surface area (TPSA) is 55.8 Å². The van der Waals surface area contributed by atoms with Crippen LogP contribution in [0.5, 0.6) is 11.5 Å². The Kier molecular flexibility index (Phi) is 6.05. The minimum Gasteiger partial charge on any atom is -0.493 e. The van der Waals surface area contributed by atoms with E-state index in [9.17, 15) is 4.79 Å². The van der Waals surface area contributed by atoms with Crippen molar-refractivity contribution in [1.82, 2.24) is 0 Å². The van der Waals surface area contributed by atoms with Gasteiger partial charge in [0, 0.05) is 11.6 Å². The van der Waals surface area contributed by atoms with E-state index in [1.807, 2.05) is 13.8 Å². The van der Waals surface area contributed by atoms with Gasteiger partial charge in [0.25, 0.3) is 0 Å². The average molecular weight is 252 g/mol. The van der Waals surface area contributed by atoms with Gasteiger partial charge in [0.2, 0.25) is 0 Å². The lowest BCUT2D eigenvalue weighted by molar-refractivity contribution is -0.136. The number of aliphatic carboxylic acids is 1. The standard InChI is InChI=1S/C14H20O4/c1-3-7-17-12-6-5-11(9-14(15)16)13(10-12)18-8-4-2/h5-6,10H,3-4,7-9H2,1-2H3,(H,15,16). The predicted octanol–water partition coefficient (Wildman–Crippen LogP) is 2.89. The lowest BCUT2D eigenvalue weighted by Gasteiger charge is -2.12. The molecular formula is C14H20O4. The van der Waals surface area contributed by atoms with Crippen LogP contribution in [0.4, 0.5) is 0 Å². The number of carboxylic acid groups (broad SMARTS) is 1. The molecule has 0 heterocycles. The van der Waals surface area contributed by atoms with E-state index in [1.54, 1.807) is 18.2 Å². The summed E-state index contributed by atoms with van der Waals surface area (Å²) in [5, 5.41) is 8.84. The van der Waals surface area contributed by atoms with E-state index in [0.29, 0.717) is 24.5 Å². The molecule has 100 valence electrons. The molecule has 1 aromatic rings. The molecule has 0 bridgehead atoms. The van der Waals surface area contributed by atoms with Crippen LogP contribution in [0.1, 0.15) is 32.3 Å². The van der Waals surface area contributed by atoms with Crippen molar-refractivity contribution in [3.05, 3.63) is 23.8 Å². The number of hydrogen-bond donors (Lipinski definition) is 1. The Bertz CT molecular complexity index is 387. The van der Waals surface area contributed by atoms with Gasteiger partial charge in [-0.2, -0.15) is 0 Å². The molecule has 0 atom stereocenters. The highest BCUT2D eigenvalue weighted by molar-refractivity contribution is 5.71. The summed E-state index contributed by atoms with van der Waals surface area (Å²) in [5.41, 5.74) is 0.680. The van der Waals surface area contributed by atoms with E-state index >= 15 is 0 Å². The fourth-order valence-corrected chi connectivity index (χ4v) is 1.50. The van der Waals surface area contributed by atoms with Crippen LogP contribution < -0.4 is 9.47 Å². The summed E-state index contributed by atoms with van der Waals surface area (Å²) in [6.45, 7) is 5.26. The lowest BCUT2D eigenvalue weighted by atomic mass is 10.1. The number of carboxylic acids is 1. The molecule has 1 rings (SSSR count). The normalized spacial score (nSPS) is 10.1. The summed E-state index contributed by atoms with van der Waals surface area (Å²) in [6, 6.07) is 5.31. The van der Waals surface area contributed by atoms with Gasteiger partial charge in [-0.05, 0) is 18.9 Å². The van der Waals surface area contributed by atoms with Gasteiger partial charge < -0.3 is 14.6 Å². The Labute approximate surface area is 108 Å². The van der Waals surface area contributed by atoms with Crippen LogP contribution in [-0.4, -0.2) is 24.3 Å². The van der Waals surface area contributed by atoms with Gasteiger partial charge >= 0.3 is 5.97 Å². The van der Waals surface area contributed by atoms with Gasteiger partial charge in [0.1, 0.15) is 11.5 Å². The summed E-state index contributed by atoms with van der Waals surface area (Å²) in [4.78, 5) is 10.8. The maximum atomic E-state index is 10.8. The maximum Gasteiger partial charge on any atom is 0.307 e. The van der Waals surface area contributed by atoms with Gasteiger partial charge in [0.15, 0.2) is 0 Å². The first-order valence-electron chi connectivity index (χ1n) is 6.27. The van der Waals surface area contributed by atoms with Crippen LogP contribution in [-0.2, 0) is 11.2 Å². The van der Waals surface area contributed by atoms with Crippen molar-refractivity contribution in [3.63, 3.8) is 0 Å². The number of carbonyl (C=O) groups is 1. The van der Waals surface area contributed by atoms with Crippen LogP contribution in [0.25, 0.3) is 0 Å². The molecule has 0 aromatic heterocycles. The van der Waals surface area contributed by atoms with E-state index < -0.39 is 5.97 Å². The Morgan fingerprint density at radius 2 is 1.83 bits per heavy atom. The van der Waals surface area contributed by atoms with Crippen molar-refractivity contribution in [3.8, 4) is 11.5 Å². The zero-order valence-corrected chi connectivity index (χ0v) is 10.9. The first kappa shape index (κ1) is 14.4. The van der Waals surface area contributed by atoms with E-state index in [2.05, 4.69) is 0 Å². The molecule has 0 aliphatic carbocycles. The fraction of sp³-hybridized carbons (Fsp3) is 0.500. The SMILES string of the molecule is CCCOc1ccc(CC(=O)O)c(OCCC)c1. The summed E-state index contributed by atoms with van der Waals surface area (Å²) in [5.74, 6) is 0.462. The van der Waals surface area contributed by atoms with Gasteiger partial charge in [-0.1, -0.05) is 19.9 Å². The monoisotopic (exact) mass is 252 g/mol. The Morgan fingerprint density at radius 3 is 2.44 bits per heavy atom. The molecule has 0 fully saturated rings. The van der Waals surface area contributed by atoms with Crippen LogP contribution >= 0.6 is 0 Å². The smallest absolute Gasteiger partial charge is 0.307 e. The highest BCUT2D eigenvalue weighted by Crippen LogP contribution is 2.26. The third kappa shape index (κ3) is 4.65. The zero-order chi connectivity index (χ0) is 13.4. The second-order valence-corrected chi connectivity index (χ2v) is 4.04. The van der Waals surface area contributed by atoms with E-state index in [1.165, 1.54) is 0 Å². The molecule has 0 unspecified atom stereocenters. The van der Waals surface area contributed by atoms with Crippen molar-refractivity contribution in [2.24, 2.45) is 0 Å². The van der Waals surface area contributed by atoms with Crippen molar-refractivity contribution in [1.29, 1.82) is 0 Å². The maximum absolute atomic E-state index is 10.8. The summed E-state index contributed by atoms with van der Waals surface area (Å²) in [7, 11) is 0. The molecule has 4 heteroatoms. The highest BCUT2D eigenvalue weighted by Gasteiger charge is 2.09. The Balaban J connectivity index is 2.84. The Hall–Kier alpha value is -1.71. The first-order chi connectivity index (χ1) is 8.67. The molecule has 0 spiro atoms. The first-order valence-corrected chi connectivity index (χ1v) is 6.27. The zero-order valence-electron chi connectivity index (χ0n) is 10.9. The summed E-state index contributed by atoms with van der Waals surface area (Å²) in [6.07, 6.45) is 1.78. The van der Waals surface area contributed by atoms with Crippen molar-refractivity contribution in [2.45, 2.75) is 33.1 Å². The van der Waals surface area contributed by atoms with Gasteiger partial charge in [-0.25, -0.2) is 0 Å².